The Kier molecular flexibility index (Phi) is 7.17. The van der Waals surface area contributed by atoms with Gasteiger partial charge in [-0.25, -0.2) is 9.37 Å². The lowest BCUT2D eigenvalue weighted by Crippen LogP contribution is -2.37. The number of aromatic amines is 1. The molecule has 3 rings (SSSR count). The van der Waals surface area contributed by atoms with Gasteiger partial charge >= 0.3 is 0 Å². The van der Waals surface area contributed by atoms with Crippen LogP contribution >= 0.6 is 24.0 Å². The highest BCUT2D eigenvalue weighted by Gasteiger charge is 2.03. The van der Waals surface area contributed by atoms with E-state index in [1.165, 1.54) is 12.1 Å². The molecule has 1 aromatic heterocycles. The molecule has 0 aliphatic heterocycles. The van der Waals surface area contributed by atoms with Crippen molar-refractivity contribution in [1.82, 2.24) is 20.6 Å². The standard InChI is InChI=1S/C18H20FN5.HI/c1-20-18(22-12-13-6-8-14(19)9-7-13)21-11-10-17-23-15-4-2-3-5-16(15)24-17;/h2-9H,10-12H2,1H3,(H,23,24)(H2,20,21,22);1H. The lowest BCUT2D eigenvalue weighted by atomic mass is 10.2. The van der Waals surface area contributed by atoms with Crippen molar-refractivity contribution in [3.05, 3.63) is 65.7 Å². The number of guanidine groups is 1. The van der Waals surface area contributed by atoms with Crippen LogP contribution < -0.4 is 10.6 Å². The molecule has 0 spiro atoms. The van der Waals surface area contributed by atoms with Gasteiger partial charge in [-0.15, -0.1) is 24.0 Å². The van der Waals surface area contributed by atoms with Crippen LogP contribution in [0.4, 0.5) is 4.39 Å². The van der Waals surface area contributed by atoms with Gasteiger partial charge in [-0.3, -0.25) is 4.99 Å². The fraction of sp³-hybridized carbons (Fsp3) is 0.222. The number of halogens is 2. The number of para-hydroxylation sites is 2. The summed E-state index contributed by atoms with van der Waals surface area (Å²) in [5.74, 6) is 1.42. The molecule has 0 amide bonds. The molecule has 0 saturated heterocycles. The molecule has 2 aromatic carbocycles. The van der Waals surface area contributed by atoms with Gasteiger partial charge < -0.3 is 15.6 Å². The minimum absolute atomic E-state index is 0. The topological polar surface area (TPSA) is 65.1 Å². The average Bonchev–Trinajstić information content (AvgIpc) is 3.02. The molecule has 1 heterocycles. The fourth-order valence-corrected chi connectivity index (χ4v) is 2.43. The van der Waals surface area contributed by atoms with Crippen molar-refractivity contribution in [2.45, 2.75) is 13.0 Å². The van der Waals surface area contributed by atoms with Crippen molar-refractivity contribution >= 4 is 41.0 Å². The van der Waals surface area contributed by atoms with Crippen molar-refractivity contribution in [2.75, 3.05) is 13.6 Å². The van der Waals surface area contributed by atoms with Crippen LogP contribution in [0, 0.1) is 5.82 Å². The first-order chi connectivity index (χ1) is 11.7. The molecule has 132 valence electrons. The summed E-state index contributed by atoms with van der Waals surface area (Å²) in [7, 11) is 1.72. The van der Waals surface area contributed by atoms with Crippen molar-refractivity contribution in [1.29, 1.82) is 0 Å². The second-order valence-electron chi connectivity index (χ2n) is 5.43. The van der Waals surface area contributed by atoms with Crippen LogP contribution in [0.5, 0.6) is 0 Å². The molecule has 0 radical (unpaired) electrons. The largest absolute Gasteiger partial charge is 0.356 e. The average molecular weight is 453 g/mol. The highest BCUT2D eigenvalue weighted by atomic mass is 127. The zero-order valence-corrected chi connectivity index (χ0v) is 16.3. The molecule has 0 bridgehead atoms. The number of nitrogens with zero attached hydrogens (tertiary/aromatic N) is 2. The summed E-state index contributed by atoms with van der Waals surface area (Å²) in [6.45, 7) is 1.30. The van der Waals surface area contributed by atoms with Gasteiger partial charge in [0.2, 0.25) is 0 Å². The molecule has 0 aliphatic carbocycles. The number of H-pyrrole nitrogens is 1. The SMILES string of the molecule is CN=C(NCCc1nc2ccccc2[nH]1)NCc1ccc(F)cc1.I. The van der Waals surface area contributed by atoms with Crippen molar-refractivity contribution in [2.24, 2.45) is 4.99 Å². The van der Waals surface area contributed by atoms with E-state index in [4.69, 9.17) is 0 Å². The van der Waals surface area contributed by atoms with Crippen molar-refractivity contribution in [3.63, 3.8) is 0 Å². The maximum atomic E-state index is 12.9. The van der Waals surface area contributed by atoms with Gasteiger partial charge in [-0.05, 0) is 29.8 Å². The summed E-state index contributed by atoms with van der Waals surface area (Å²) in [5, 5.41) is 6.45. The Bertz CT molecular complexity index is 796. The molecule has 0 atom stereocenters. The third kappa shape index (κ3) is 5.42. The van der Waals surface area contributed by atoms with E-state index in [0.29, 0.717) is 19.0 Å². The van der Waals surface area contributed by atoms with Gasteiger partial charge in [-0.1, -0.05) is 24.3 Å². The van der Waals surface area contributed by atoms with Crippen LogP contribution in [0.1, 0.15) is 11.4 Å². The first kappa shape index (κ1) is 19.2. The maximum absolute atomic E-state index is 12.9. The predicted octanol–water partition coefficient (Wildman–Crippen LogP) is 3.23. The zero-order valence-electron chi connectivity index (χ0n) is 13.9. The van der Waals surface area contributed by atoms with E-state index in [1.54, 1.807) is 19.2 Å². The Morgan fingerprint density at radius 2 is 1.88 bits per heavy atom. The van der Waals surface area contributed by atoms with Gasteiger partial charge in [0, 0.05) is 26.6 Å². The lowest BCUT2D eigenvalue weighted by Gasteiger charge is -2.11. The quantitative estimate of drug-likeness (QED) is 0.316. The van der Waals surface area contributed by atoms with Crippen LogP contribution in [0.25, 0.3) is 11.0 Å². The van der Waals surface area contributed by atoms with E-state index >= 15 is 0 Å². The Hall–Kier alpha value is -2.16. The number of aliphatic imine (C=N–C) groups is 1. The second-order valence-corrected chi connectivity index (χ2v) is 5.43. The van der Waals surface area contributed by atoms with E-state index in [1.807, 2.05) is 24.3 Å². The molecular weight excluding hydrogens is 432 g/mol. The van der Waals surface area contributed by atoms with Crippen LogP contribution in [-0.2, 0) is 13.0 Å². The number of benzene rings is 2. The Labute approximate surface area is 163 Å². The number of rotatable bonds is 5. The first-order valence-corrected chi connectivity index (χ1v) is 7.87. The number of hydrogen-bond acceptors (Lipinski definition) is 2. The third-order valence-electron chi connectivity index (χ3n) is 3.69. The Morgan fingerprint density at radius 1 is 1.12 bits per heavy atom. The molecule has 25 heavy (non-hydrogen) atoms. The maximum Gasteiger partial charge on any atom is 0.191 e. The summed E-state index contributed by atoms with van der Waals surface area (Å²) in [4.78, 5) is 12.0. The molecule has 3 N–H and O–H groups in total. The van der Waals surface area contributed by atoms with E-state index in [-0.39, 0.29) is 29.8 Å². The van der Waals surface area contributed by atoms with Gasteiger partial charge in [0.05, 0.1) is 11.0 Å². The van der Waals surface area contributed by atoms with Gasteiger partial charge in [0.25, 0.3) is 0 Å². The summed E-state index contributed by atoms with van der Waals surface area (Å²) in [6, 6.07) is 14.4. The van der Waals surface area contributed by atoms with E-state index in [0.717, 1.165) is 28.8 Å². The molecule has 3 aromatic rings. The van der Waals surface area contributed by atoms with Gasteiger partial charge in [0.15, 0.2) is 5.96 Å². The van der Waals surface area contributed by atoms with Crippen LogP contribution in [0.3, 0.4) is 0 Å². The van der Waals surface area contributed by atoms with Crippen molar-refractivity contribution in [3.8, 4) is 0 Å². The Balaban J connectivity index is 0.00000225. The molecule has 0 unspecified atom stereocenters. The fourth-order valence-electron chi connectivity index (χ4n) is 2.43. The van der Waals surface area contributed by atoms with Crippen molar-refractivity contribution < 1.29 is 4.39 Å². The zero-order chi connectivity index (χ0) is 16.8. The van der Waals surface area contributed by atoms with Crippen LogP contribution in [0.15, 0.2) is 53.5 Å². The summed E-state index contributed by atoms with van der Waals surface area (Å²) in [5.41, 5.74) is 3.02. The molecule has 0 aliphatic rings. The summed E-state index contributed by atoms with van der Waals surface area (Å²) in [6.07, 6.45) is 0.770. The third-order valence-corrected chi connectivity index (χ3v) is 3.69. The van der Waals surface area contributed by atoms with Crippen LogP contribution in [0.2, 0.25) is 0 Å². The highest BCUT2D eigenvalue weighted by Crippen LogP contribution is 2.10. The normalized spacial score (nSPS) is 11.2. The summed E-state index contributed by atoms with van der Waals surface area (Å²) < 4.78 is 12.9. The smallest absolute Gasteiger partial charge is 0.191 e. The molecule has 7 heteroatoms. The number of aromatic nitrogens is 2. The molecular formula is C18H21FIN5. The highest BCUT2D eigenvalue weighted by molar-refractivity contribution is 14.0. The van der Waals surface area contributed by atoms with E-state index in [9.17, 15) is 4.39 Å². The number of hydrogen-bond donors (Lipinski definition) is 3. The number of imidazole rings is 1. The molecule has 0 fully saturated rings. The number of nitrogens with one attached hydrogen (secondary N) is 3. The Morgan fingerprint density at radius 3 is 2.60 bits per heavy atom. The molecule has 5 nitrogen and oxygen atoms in total. The second kappa shape index (κ2) is 9.36. The lowest BCUT2D eigenvalue weighted by molar-refractivity contribution is 0.626. The van der Waals surface area contributed by atoms with E-state index < -0.39 is 0 Å². The summed E-state index contributed by atoms with van der Waals surface area (Å²) >= 11 is 0. The predicted molar refractivity (Wildman–Crippen MR) is 110 cm³/mol. The van der Waals surface area contributed by atoms with Crippen LogP contribution in [-0.4, -0.2) is 29.5 Å². The van der Waals surface area contributed by atoms with Gasteiger partial charge in [-0.2, -0.15) is 0 Å². The minimum Gasteiger partial charge on any atom is -0.356 e. The molecule has 0 saturated carbocycles. The number of fused-ring (bicyclic) bond motifs is 1. The van der Waals surface area contributed by atoms with E-state index in [2.05, 4.69) is 25.6 Å². The van der Waals surface area contributed by atoms with Gasteiger partial charge in [0.1, 0.15) is 11.6 Å². The minimum atomic E-state index is -0.230. The first-order valence-electron chi connectivity index (χ1n) is 7.87. The monoisotopic (exact) mass is 453 g/mol.